The highest BCUT2D eigenvalue weighted by atomic mass is 32.2. The molecule has 2 aliphatic rings. The normalized spacial score (nSPS) is 18.4. The largest absolute Gasteiger partial charge is 0.343 e. The van der Waals surface area contributed by atoms with E-state index in [-0.39, 0.29) is 11.8 Å². The minimum atomic E-state index is 0.0557. The average molecular weight is 318 g/mol. The van der Waals surface area contributed by atoms with Gasteiger partial charge in [-0.25, -0.2) is 0 Å². The van der Waals surface area contributed by atoms with Crippen molar-refractivity contribution in [2.75, 3.05) is 25.1 Å². The molecule has 4 nitrogen and oxygen atoms in total. The number of hydrogen-bond donors (Lipinski definition) is 0. The lowest BCUT2D eigenvalue weighted by Gasteiger charge is -2.31. The zero-order valence-corrected chi connectivity index (χ0v) is 13.8. The van der Waals surface area contributed by atoms with E-state index < -0.39 is 0 Å². The van der Waals surface area contributed by atoms with Crippen molar-refractivity contribution in [3.63, 3.8) is 0 Å². The van der Waals surface area contributed by atoms with Crippen molar-refractivity contribution in [2.24, 2.45) is 0 Å². The topological polar surface area (TPSA) is 40.6 Å². The molecule has 1 saturated heterocycles. The van der Waals surface area contributed by atoms with Crippen LogP contribution in [0, 0.1) is 0 Å². The Bertz CT molecular complexity index is 570. The Labute approximate surface area is 135 Å². The van der Waals surface area contributed by atoms with Gasteiger partial charge in [0.25, 0.3) is 5.91 Å². The molecule has 2 aliphatic heterocycles. The van der Waals surface area contributed by atoms with Gasteiger partial charge in [0, 0.05) is 38.2 Å². The average Bonchev–Trinajstić information content (AvgIpc) is 2.89. The predicted molar refractivity (Wildman–Crippen MR) is 88.9 cm³/mol. The summed E-state index contributed by atoms with van der Waals surface area (Å²) < 4.78 is 0. The van der Waals surface area contributed by atoms with E-state index in [1.54, 1.807) is 4.90 Å². The van der Waals surface area contributed by atoms with Gasteiger partial charge in [-0.3, -0.25) is 9.59 Å². The van der Waals surface area contributed by atoms with Crippen molar-refractivity contribution in [3.8, 4) is 0 Å². The quantitative estimate of drug-likeness (QED) is 0.856. The molecular weight excluding hydrogens is 296 g/mol. The second kappa shape index (κ2) is 6.73. The molecule has 0 spiro atoms. The van der Waals surface area contributed by atoms with Crippen LogP contribution in [0.4, 0.5) is 0 Å². The smallest absolute Gasteiger partial charge is 0.254 e. The number of rotatable bonds is 4. The molecule has 1 aromatic carbocycles. The molecule has 0 aromatic heterocycles. The minimum absolute atomic E-state index is 0.0557. The molecule has 118 valence electrons. The molecule has 0 unspecified atom stereocenters. The van der Waals surface area contributed by atoms with Crippen molar-refractivity contribution in [1.82, 2.24) is 9.80 Å². The van der Waals surface area contributed by atoms with Gasteiger partial charge in [-0.2, -0.15) is 11.8 Å². The fraction of sp³-hybridized carbons (Fsp3) is 0.529. The molecule has 1 fully saturated rings. The molecule has 0 bridgehead atoms. The second-order valence-corrected chi connectivity index (χ2v) is 7.21. The first-order chi connectivity index (χ1) is 10.7. The van der Waals surface area contributed by atoms with E-state index in [0.29, 0.717) is 25.6 Å². The Morgan fingerprint density at radius 3 is 2.77 bits per heavy atom. The van der Waals surface area contributed by atoms with Crippen LogP contribution in [0.2, 0.25) is 0 Å². The van der Waals surface area contributed by atoms with Crippen LogP contribution in [0.15, 0.2) is 24.3 Å². The van der Waals surface area contributed by atoms with Gasteiger partial charge in [0.2, 0.25) is 5.91 Å². The Kier molecular flexibility index (Phi) is 4.71. The highest BCUT2D eigenvalue weighted by Crippen LogP contribution is 2.23. The van der Waals surface area contributed by atoms with Gasteiger partial charge >= 0.3 is 0 Å². The lowest BCUT2D eigenvalue weighted by atomic mass is 10.1. The lowest BCUT2D eigenvalue weighted by molar-refractivity contribution is -0.132. The molecule has 0 saturated carbocycles. The summed E-state index contributed by atoms with van der Waals surface area (Å²) in [6, 6.07) is 8.07. The lowest BCUT2D eigenvalue weighted by Crippen LogP contribution is -2.40. The van der Waals surface area contributed by atoms with E-state index >= 15 is 0 Å². The summed E-state index contributed by atoms with van der Waals surface area (Å²) in [7, 11) is 1.91. The van der Waals surface area contributed by atoms with E-state index in [9.17, 15) is 9.59 Å². The summed E-state index contributed by atoms with van der Waals surface area (Å²) >= 11 is 1.96. The Morgan fingerprint density at radius 1 is 1.32 bits per heavy atom. The second-order valence-electron chi connectivity index (χ2n) is 5.98. The molecule has 5 heteroatoms. The van der Waals surface area contributed by atoms with Crippen LogP contribution in [0.1, 0.15) is 35.2 Å². The predicted octanol–water partition coefficient (Wildman–Crippen LogP) is 2.39. The van der Waals surface area contributed by atoms with Gasteiger partial charge in [-0.1, -0.05) is 18.2 Å². The summed E-state index contributed by atoms with van der Waals surface area (Å²) in [5.74, 6) is 2.49. The molecule has 0 aliphatic carbocycles. The van der Waals surface area contributed by atoms with Crippen LogP contribution in [-0.4, -0.2) is 52.8 Å². The minimum Gasteiger partial charge on any atom is -0.343 e. The molecule has 2 amide bonds. The number of hydrogen-bond acceptors (Lipinski definition) is 3. The highest BCUT2D eigenvalue weighted by molar-refractivity contribution is 7.99. The number of carbonyl (C=O) groups is 2. The fourth-order valence-electron chi connectivity index (χ4n) is 3.18. The molecular formula is C17H22N2O2S. The molecule has 0 radical (unpaired) electrons. The highest BCUT2D eigenvalue weighted by Gasteiger charge is 2.28. The number of carbonyl (C=O) groups excluding carboxylic acids is 2. The Morgan fingerprint density at radius 2 is 2.05 bits per heavy atom. The van der Waals surface area contributed by atoms with E-state index in [2.05, 4.69) is 0 Å². The van der Waals surface area contributed by atoms with Gasteiger partial charge in [0.15, 0.2) is 0 Å². The maximum atomic E-state index is 12.4. The zero-order valence-electron chi connectivity index (χ0n) is 13.0. The summed E-state index contributed by atoms with van der Waals surface area (Å²) in [6.07, 6.45) is 2.59. The molecule has 22 heavy (non-hydrogen) atoms. The summed E-state index contributed by atoms with van der Waals surface area (Å²) in [4.78, 5) is 28.3. The third-order valence-electron chi connectivity index (χ3n) is 4.62. The number of fused-ring (bicyclic) bond motifs is 1. The van der Waals surface area contributed by atoms with Crippen molar-refractivity contribution >= 4 is 23.6 Å². The first-order valence-corrected chi connectivity index (χ1v) is 9.03. The molecule has 0 N–H and O–H groups in total. The summed E-state index contributed by atoms with van der Waals surface area (Å²) in [5.41, 5.74) is 1.85. The zero-order chi connectivity index (χ0) is 15.5. The standard InChI is InChI=1S/C17H22N2O2S/c1-18(14-7-10-22-11-8-14)16(20)6-9-19-12-13-4-2-3-5-15(13)17(19)21/h2-5,14H,6-12H2,1H3. The van der Waals surface area contributed by atoms with Crippen LogP contribution < -0.4 is 0 Å². The van der Waals surface area contributed by atoms with Crippen LogP contribution >= 0.6 is 11.8 Å². The number of benzene rings is 1. The van der Waals surface area contributed by atoms with E-state index in [1.807, 2.05) is 48.0 Å². The first-order valence-electron chi connectivity index (χ1n) is 7.87. The first kappa shape index (κ1) is 15.4. The van der Waals surface area contributed by atoms with Crippen LogP contribution in [-0.2, 0) is 11.3 Å². The molecule has 2 heterocycles. The monoisotopic (exact) mass is 318 g/mol. The van der Waals surface area contributed by atoms with Crippen molar-refractivity contribution < 1.29 is 9.59 Å². The van der Waals surface area contributed by atoms with Gasteiger partial charge in [-0.15, -0.1) is 0 Å². The van der Waals surface area contributed by atoms with Gasteiger partial charge in [-0.05, 0) is 36.0 Å². The Hall–Kier alpha value is -1.49. The number of amides is 2. The third-order valence-corrected chi connectivity index (χ3v) is 5.67. The molecule has 3 rings (SSSR count). The van der Waals surface area contributed by atoms with Crippen molar-refractivity contribution in [3.05, 3.63) is 35.4 Å². The van der Waals surface area contributed by atoms with Crippen LogP contribution in [0.5, 0.6) is 0 Å². The van der Waals surface area contributed by atoms with Crippen molar-refractivity contribution in [1.29, 1.82) is 0 Å². The Balaban J connectivity index is 1.53. The molecule has 1 aromatic rings. The third kappa shape index (κ3) is 3.14. The molecule has 0 atom stereocenters. The summed E-state index contributed by atoms with van der Waals surface area (Å²) in [5, 5.41) is 0. The van der Waals surface area contributed by atoms with Crippen LogP contribution in [0.25, 0.3) is 0 Å². The SMILES string of the molecule is CN(C(=O)CCN1Cc2ccccc2C1=O)C1CCSCC1. The maximum Gasteiger partial charge on any atom is 0.254 e. The van der Waals surface area contributed by atoms with Gasteiger partial charge in [0.1, 0.15) is 0 Å². The van der Waals surface area contributed by atoms with Gasteiger partial charge in [0.05, 0.1) is 0 Å². The van der Waals surface area contributed by atoms with E-state index in [0.717, 1.165) is 35.5 Å². The summed E-state index contributed by atoms with van der Waals surface area (Å²) in [6.45, 7) is 1.14. The fourth-order valence-corrected chi connectivity index (χ4v) is 4.26. The van der Waals surface area contributed by atoms with Gasteiger partial charge < -0.3 is 9.80 Å². The van der Waals surface area contributed by atoms with Crippen LogP contribution in [0.3, 0.4) is 0 Å². The van der Waals surface area contributed by atoms with Crippen molar-refractivity contribution in [2.45, 2.75) is 31.8 Å². The van der Waals surface area contributed by atoms with E-state index in [4.69, 9.17) is 0 Å². The van der Waals surface area contributed by atoms with E-state index in [1.165, 1.54) is 0 Å². The maximum absolute atomic E-state index is 12.4. The number of thioether (sulfide) groups is 1. The number of nitrogens with zero attached hydrogens (tertiary/aromatic N) is 2.